The van der Waals surface area contributed by atoms with Crippen molar-refractivity contribution in [2.24, 2.45) is 11.7 Å². The molecule has 2 aromatic rings. The van der Waals surface area contributed by atoms with Crippen molar-refractivity contribution in [2.75, 3.05) is 13.6 Å². The summed E-state index contributed by atoms with van der Waals surface area (Å²) in [5, 5.41) is 0. The summed E-state index contributed by atoms with van der Waals surface area (Å²) in [5.41, 5.74) is 7.71. The minimum absolute atomic E-state index is 0.106. The van der Waals surface area contributed by atoms with Crippen molar-refractivity contribution in [1.82, 2.24) is 14.9 Å². The standard InChI is InChI=1S/C15H18N4O/c1-19(14(8-16)10-6-7-10)15(20)13-9-17-11-4-2-3-5-12(11)18-13/h2-5,9-10,14H,6-8,16H2,1H3. The van der Waals surface area contributed by atoms with Crippen LogP contribution in [0.15, 0.2) is 30.5 Å². The smallest absolute Gasteiger partial charge is 0.274 e. The number of hydrogen-bond donors (Lipinski definition) is 1. The molecule has 3 rings (SSSR count). The van der Waals surface area contributed by atoms with Crippen LogP contribution >= 0.6 is 0 Å². The Morgan fingerprint density at radius 3 is 2.75 bits per heavy atom. The van der Waals surface area contributed by atoms with Gasteiger partial charge in [0, 0.05) is 19.6 Å². The lowest BCUT2D eigenvalue weighted by Crippen LogP contribution is -2.43. The summed E-state index contributed by atoms with van der Waals surface area (Å²) in [7, 11) is 1.80. The van der Waals surface area contributed by atoms with E-state index in [1.165, 1.54) is 0 Å². The molecule has 0 radical (unpaired) electrons. The predicted molar refractivity (Wildman–Crippen MR) is 77.2 cm³/mol. The molecule has 1 amide bonds. The summed E-state index contributed by atoms with van der Waals surface area (Å²) in [6, 6.07) is 7.65. The van der Waals surface area contributed by atoms with Crippen LogP contribution in [0.4, 0.5) is 0 Å². The number of rotatable bonds is 4. The fourth-order valence-corrected chi connectivity index (χ4v) is 2.54. The Morgan fingerprint density at radius 2 is 2.10 bits per heavy atom. The van der Waals surface area contributed by atoms with E-state index in [0.29, 0.717) is 18.2 Å². The molecular formula is C15H18N4O. The van der Waals surface area contributed by atoms with Gasteiger partial charge in [-0.1, -0.05) is 12.1 Å². The van der Waals surface area contributed by atoms with E-state index in [9.17, 15) is 4.79 Å². The molecule has 0 saturated heterocycles. The van der Waals surface area contributed by atoms with Crippen molar-refractivity contribution < 1.29 is 4.79 Å². The highest BCUT2D eigenvalue weighted by Crippen LogP contribution is 2.34. The Hall–Kier alpha value is -2.01. The highest BCUT2D eigenvalue weighted by atomic mass is 16.2. The first kappa shape index (κ1) is 13.0. The van der Waals surface area contributed by atoms with Gasteiger partial charge in [-0.3, -0.25) is 9.78 Å². The van der Waals surface area contributed by atoms with Crippen molar-refractivity contribution in [3.05, 3.63) is 36.2 Å². The molecule has 1 aliphatic rings. The highest BCUT2D eigenvalue weighted by molar-refractivity contribution is 5.93. The van der Waals surface area contributed by atoms with E-state index in [2.05, 4.69) is 9.97 Å². The summed E-state index contributed by atoms with van der Waals surface area (Å²) >= 11 is 0. The van der Waals surface area contributed by atoms with Crippen LogP contribution in [-0.4, -0.2) is 40.4 Å². The Morgan fingerprint density at radius 1 is 1.40 bits per heavy atom. The van der Waals surface area contributed by atoms with Gasteiger partial charge in [0.1, 0.15) is 5.69 Å². The van der Waals surface area contributed by atoms with Gasteiger partial charge in [-0.15, -0.1) is 0 Å². The Bertz CT molecular complexity index is 639. The molecule has 1 heterocycles. The van der Waals surface area contributed by atoms with Gasteiger partial charge in [0.2, 0.25) is 0 Å². The molecule has 0 spiro atoms. The highest BCUT2D eigenvalue weighted by Gasteiger charge is 2.35. The number of para-hydroxylation sites is 2. The number of carbonyl (C=O) groups is 1. The lowest BCUT2D eigenvalue weighted by Gasteiger charge is -2.26. The maximum absolute atomic E-state index is 12.5. The maximum atomic E-state index is 12.5. The van der Waals surface area contributed by atoms with Crippen molar-refractivity contribution >= 4 is 16.9 Å². The molecule has 1 aromatic carbocycles. The summed E-state index contributed by atoms with van der Waals surface area (Å²) in [6.45, 7) is 0.494. The lowest BCUT2D eigenvalue weighted by molar-refractivity contribution is 0.0712. The van der Waals surface area contributed by atoms with E-state index in [1.807, 2.05) is 24.3 Å². The van der Waals surface area contributed by atoms with Gasteiger partial charge >= 0.3 is 0 Å². The molecule has 2 N–H and O–H groups in total. The number of nitrogens with two attached hydrogens (primary N) is 1. The molecule has 5 heteroatoms. The number of likely N-dealkylation sites (N-methyl/N-ethyl adjacent to an activating group) is 1. The van der Waals surface area contributed by atoms with Gasteiger partial charge < -0.3 is 10.6 Å². The van der Waals surface area contributed by atoms with Gasteiger partial charge in [-0.05, 0) is 30.9 Å². The molecule has 1 fully saturated rings. The number of aromatic nitrogens is 2. The third-order valence-electron chi connectivity index (χ3n) is 3.89. The Labute approximate surface area is 117 Å². The molecule has 1 unspecified atom stereocenters. The van der Waals surface area contributed by atoms with Crippen molar-refractivity contribution in [3.8, 4) is 0 Å². The predicted octanol–water partition coefficient (Wildman–Crippen LogP) is 1.44. The Balaban J connectivity index is 1.87. The van der Waals surface area contributed by atoms with Gasteiger partial charge in [-0.2, -0.15) is 0 Å². The van der Waals surface area contributed by atoms with Gasteiger partial charge in [0.25, 0.3) is 5.91 Å². The van der Waals surface area contributed by atoms with Gasteiger partial charge in [0.05, 0.1) is 17.2 Å². The lowest BCUT2D eigenvalue weighted by atomic mass is 10.1. The fourth-order valence-electron chi connectivity index (χ4n) is 2.54. The first-order chi connectivity index (χ1) is 9.70. The van der Waals surface area contributed by atoms with Gasteiger partial charge in [0.15, 0.2) is 0 Å². The first-order valence-corrected chi connectivity index (χ1v) is 6.89. The second-order valence-electron chi connectivity index (χ2n) is 5.30. The minimum Gasteiger partial charge on any atom is -0.336 e. The van der Waals surface area contributed by atoms with E-state index < -0.39 is 0 Å². The normalized spacial score (nSPS) is 16.1. The average Bonchev–Trinajstić information content (AvgIpc) is 3.31. The summed E-state index contributed by atoms with van der Waals surface area (Å²) in [6.07, 6.45) is 3.85. The first-order valence-electron chi connectivity index (χ1n) is 6.89. The molecule has 0 aliphatic heterocycles. The third kappa shape index (κ3) is 2.36. The van der Waals surface area contributed by atoms with Crippen LogP contribution in [0.25, 0.3) is 11.0 Å². The molecule has 20 heavy (non-hydrogen) atoms. The van der Waals surface area contributed by atoms with E-state index in [-0.39, 0.29) is 11.9 Å². The van der Waals surface area contributed by atoms with Gasteiger partial charge in [-0.25, -0.2) is 4.98 Å². The maximum Gasteiger partial charge on any atom is 0.274 e. The van der Waals surface area contributed by atoms with Crippen LogP contribution in [0.2, 0.25) is 0 Å². The zero-order chi connectivity index (χ0) is 14.1. The third-order valence-corrected chi connectivity index (χ3v) is 3.89. The molecule has 5 nitrogen and oxygen atoms in total. The van der Waals surface area contributed by atoms with E-state index in [0.717, 1.165) is 23.9 Å². The molecule has 1 aromatic heterocycles. The zero-order valence-electron chi connectivity index (χ0n) is 11.5. The minimum atomic E-state index is -0.106. The van der Waals surface area contributed by atoms with E-state index in [4.69, 9.17) is 5.73 Å². The monoisotopic (exact) mass is 270 g/mol. The summed E-state index contributed by atoms with van der Waals surface area (Å²) < 4.78 is 0. The summed E-state index contributed by atoms with van der Waals surface area (Å²) in [5.74, 6) is 0.438. The van der Waals surface area contributed by atoms with E-state index in [1.54, 1.807) is 18.1 Å². The van der Waals surface area contributed by atoms with Crippen molar-refractivity contribution in [1.29, 1.82) is 0 Å². The van der Waals surface area contributed by atoms with Crippen LogP contribution in [-0.2, 0) is 0 Å². The van der Waals surface area contributed by atoms with Crippen LogP contribution < -0.4 is 5.73 Å². The molecule has 0 bridgehead atoms. The van der Waals surface area contributed by atoms with Crippen LogP contribution in [0, 0.1) is 5.92 Å². The quantitative estimate of drug-likeness (QED) is 0.912. The fraction of sp³-hybridized carbons (Fsp3) is 0.400. The van der Waals surface area contributed by atoms with Crippen LogP contribution in [0.3, 0.4) is 0 Å². The number of carbonyl (C=O) groups excluding carboxylic acids is 1. The summed E-state index contributed by atoms with van der Waals surface area (Å²) in [4.78, 5) is 22.9. The molecule has 1 atom stereocenters. The number of hydrogen-bond acceptors (Lipinski definition) is 4. The van der Waals surface area contributed by atoms with Crippen LogP contribution in [0.1, 0.15) is 23.3 Å². The van der Waals surface area contributed by atoms with Crippen molar-refractivity contribution in [2.45, 2.75) is 18.9 Å². The van der Waals surface area contributed by atoms with Crippen molar-refractivity contribution in [3.63, 3.8) is 0 Å². The molecule has 1 saturated carbocycles. The van der Waals surface area contributed by atoms with Crippen LogP contribution in [0.5, 0.6) is 0 Å². The number of benzene rings is 1. The SMILES string of the molecule is CN(C(=O)c1cnc2ccccc2n1)C(CN)C1CC1. The Kier molecular flexibility index (Phi) is 3.36. The number of nitrogens with zero attached hydrogens (tertiary/aromatic N) is 3. The largest absolute Gasteiger partial charge is 0.336 e. The molecular weight excluding hydrogens is 252 g/mol. The number of fused-ring (bicyclic) bond motifs is 1. The number of amides is 1. The average molecular weight is 270 g/mol. The molecule has 104 valence electrons. The topological polar surface area (TPSA) is 72.1 Å². The molecule has 1 aliphatic carbocycles. The van der Waals surface area contributed by atoms with E-state index >= 15 is 0 Å². The zero-order valence-corrected chi connectivity index (χ0v) is 11.5. The second kappa shape index (κ2) is 5.17. The second-order valence-corrected chi connectivity index (χ2v) is 5.30.